The van der Waals surface area contributed by atoms with Gasteiger partial charge >= 0.3 is 0 Å². The molecule has 0 saturated carbocycles. The third kappa shape index (κ3) is 1.61. The zero-order chi connectivity index (χ0) is 9.57. The van der Waals surface area contributed by atoms with Gasteiger partial charge < -0.3 is 5.32 Å². The van der Waals surface area contributed by atoms with Gasteiger partial charge in [0.1, 0.15) is 0 Å². The number of nitrogens with one attached hydrogen (secondary N) is 2. The Balaban J connectivity index is 2.74. The molecular formula is C9H18N2O. The summed E-state index contributed by atoms with van der Waals surface area (Å²) in [5.74, 6) is 0.0856. The molecule has 12 heavy (non-hydrogen) atoms. The molecule has 1 amide bonds. The number of carbonyl (C=O) groups is 1. The second-order valence-corrected chi connectivity index (χ2v) is 5.04. The number of hydrogen-bond donors (Lipinski definition) is 2. The minimum absolute atomic E-state index is 0.0728. The highest BCUT2D eigenvalue weighted by molar-refractivity contribution is 5.87. The fourth-order valence-electron chi connectivity index (χ4n) is 1.21. The van der Waals surface area contributed by atoms with Gasteiger partial charge in [0.2, 0.25) is 5.91 Å². The Morgan fingerprint density at radius 1 is 1.33 bits per heavy atom. The Labute approximate surface area is 73.9 Å². The number of rotatable bonds is 0. The molecule has 3 nitrogen and oxygen atoms in total. The summed E-state index contributed by atoms with van der Waals surface area (Å²) in [5.41, 5.74) is -0.346. The van der Waals surface area contributed by atoms with Crippen LogP contribution in [0.4, 0.5) is 0 Å². The average Bonchev–Trinajstić information content (AvgIpc) is 2.06. The van der Waals surface area contributed by atoms with Gasteiger partial charge in [-0.2, -0.15) is 0 Å². The van der Waals surface area contributed by atoms with Crippen molar-refractivity contribution in [3.8, 4) is 0 Å². The normalized spacial score (nSPS) is 28.8. The van der Waals surface area contributed by atoms with E-state index in [4.69, 9.17) is 0 Å². The molecule has 0 bridgehead atoms. The van der Waals surface area contributed by atoms with Crippen molar-refractivity contribution in [2.45, 2.75) is 46.3 Å². The van der Waals surface area contributed by atoms with Crippen LogP contribution in [-0.4, -0.2) is 17.6 Å². The van der Waals surface area contributed by atoms with Gasteiger partial charge in [0.15, 0.2) is 0 Å². The molecule has 0 spiro atoms. The van der Waals surface area contributed by atoms with Gasteiger partial charge in [0.05, 0.1) is 11.7 Å². The molecule has 70 valence electrons. The van der Waals surface area contributed by atoms with E-state index in [1.165, 1.54) is 0 Å². The molecule has 0 radical (unpaired) electrons. The number of carbonyl (C=O) groups excluding carboxylic acids is 1. The minimum atomic E-state index is -0.419. The van der Waals surface area contributed by atoms with Crippen molar-refractivity contribution in [2.75, 3.05) is 0 Å². The SMILES string of the molecule is CC1(C)N[C@H](C(C)(C)C)NC1=O. The van der Waals surface area contributed by atoms with Crippen LogP contribution in [0.3, 0.4) is 0 Å². The van der Waals surface area contributed by atoms with Gasteiger partial charge in [-0.3, -0.25) is 10.1 Å². The van der Waals surface area contributed by atoms with Gasteiger partial charge in [-0.1, -0.05) is 20.8 Å². The molecule has 1 heterocycles. The molecule has 0 aromatic rings. The Hall–Kier alpha value is -0.570. The van der Waals surface area contributed by atoms with Crippen molar-refractivity contribution in [3.63, 3.8) is 0 Å². The van der Waals surface area contributed by atoms with Crippen LogP contribution in [0.15, 0.2) is 0 Å². The second kappa shape index (κ2) is 2.46. The van der Waals surface area contributed by atoms with Crippen LogP contribution in [0.5, 0.6) is 0 Å². The van der Waals surface area contributed by atoms with Crippen LogP contribution in [0.25, 0.3) is 0 Å². The first-order chi connectivity index (χ1) is 5.23. The van der Waals surface area contributed by atoms with E-state index in [0.29, 0.717) is 0 Å². The predicted molar refractivity (Wildman–Crippen MR) is 48.6 cm³/mol. The molecule has 1 aliphatic heterocycles. The average molecular weight is 170 g/mol. The standard InChI is InChI=1S/C9H18N2O/c1-8(2,3)6-10-7(12)9(4,5)11-6/h6,11H,1-5H3,(H,10,12)/t6-/m1/s1. The van der Waals surface area contributed by atoms with Gasteiger partial charge in [-0.25, -0.2) is 0 Å². The summed E-state index contributed by atoms with van der Waals surface area (Å²) < 4.78 is 0. The molecule has 3 heteroatoms. The molecule has 1 saturated heterocycles. The van der Waals surface area contributed by atoms with Crippen LogP contribution < -0.4 is 10.6 Å². The third-order valence-electron chi connectivity index (χ3n) is 2.21. The van der Waals surface area contributed by atoms with Crippen molar-refractivity contribution >= 4 is 5.91 Å². The molecule has 0 aromatic carbocycles. The van der Waals surface area contributed by atoms with Crippen LogP contribution >= 0.6 is 0 Å². The molecule has 1 atom stereocenters. The van der Waals surface area contributed by atoms with E-state index in [0.717, 1.165) is 0 Å². The van der Waals surface area contributed by atoms with Crippen LogP contribution in [-0.2, 0) is 4.79 Å². The summed E-state index contributed by atoms with van der Waals surface area (Å²) in [7, 11) is 0. The van der Waals surface area contributed by atoms with Gasteiger partial charge in [-0.05, 0) is 19.3 Å². The van der Waals surface area contributed by atoms with E-state index < -0.39 is 5.54 Å². The van der Waals surface area contributed by atoms with Crippen molar-refractivity contribution in [1.82, 2.24) is 10.6 Å². The quantitative estimate of drug-likeness (QED) is 0.566. The smallest absolute Gasteiger partial charge is 0.241 e. The molecule has 2 N–H and O–H groups in total. The van der Waals surface area contributed by atoms with Gasteiger partial charge in [0.25, 0.3) is 0 Å². The minimum Gasteiger partial charge on any atom is -0.339 e. The topological polar surface area (TPSA) is 41.1 Å². The van der Waals surface area contributed by atoms with Crippen molar-refractivity contribution in [1.29, 1.82) is 0 Å². The molecule has 1 rings (SSSR count). The van der Waals surface area contributed by atoms with E-state index in [9.17, 15) is 4.79 Å². The van der Waals surface area contributed by atoms with E-state index in [-0.39, 0.29) is 17.5 Å². The molecular weight excluding hydrogens is 152 g/mol. The molecule has 0 unspecified atom stereocenters. The molecule has 0 aliphatic carbocycles. The lowest BCUT2D eigenvalue weighted by Crippen LogP contribution is -2.46. The maximum atomic E-state index is 11.4. The van der Waals surface area contributed by atoms with E-state index >= 15 is 0 Å². The highest BCUT2D eigenvalue weighted by atomic mass is 16.2. The lowest BCUT2D eigenvalue weighted by atomic mass is 9.92. The monoisotopic (exact) mass is 170 g/mol. The van der Waals surface area contributed by atoms with E-state index in [1.807, 2.05) is 13.8 Å². The molecule has 1 fully saturated rings. The van der Waals surface area contributed by atoms with Crippen LogP contribution in [0.1, 0.15) is 34.6 Å². The second-order valence-electron chi connectivity index (χ2n) is 5.04. The highest BCUT2D eigenvalue weighted by Gasteiger charge is 2.42. The Morgan fingerprint density at radius 3 is 2.00 bits per heavy atom. The zero-order valence-corrected chi connectivity index (χ0v) is 8.49. The zero-order valence-electron chi connectivity index (χ0n) is 8.49. The first-order valence-electron chi connectivity index (χ1n) is 4.32. The number of hydrogen-bond acceptors (Lipinski definition) is 2. The molecule has 1 aliphatic rings. The van der Waals surface area contributed by atoms with Gasteiger partial charge in [0, 0.05) is 0 Å². The lowest BCUT2D eigenvalue weighted by molar-refractivity contribution is -0.123. The summed E-state index contributed by atoms with van der Waals surface area (Å²) in [5, 5.41) is 6.19. The Kier molecular flexibility index (Phi) is 1.95. The van der Waals surface area contributed by atoms with Gasteiger partial charge in [-0.15, -0.1) is 0 Å². The summed E-state index contributed by atoms with van der Waals surface area (Å²) in [4.78, 5) is 11.4. The fraction of sp³-hybridized carbons (Fsp3) is 0.889. The van der Waals surface area contributed by atoms with Crippen LogP contribution in [0, 0.1) is 5.41 Å². The predicted octanol–water partition coefficient (Wildman–Crippen LogP) is 0.857. The van der Waals surface area contributed by atoms with E-state index in [1.54, 1.807) is 0 Å². The first kappa shape index (κ1) is 9.52. The summed E-state index contributed by atoms with van der Waals surface area (Å²) in [6.45, 7) is 10.1. The third-order valence-corrected chi connectivity index (χ3v) is 2.21. The largest absolute Gasteiger partial charge is 0.339 e. The summed E-state index contributed by atoms with van der Waals surface area (Å²) >= 11 is 0. The van der Waals surface area contributed by atoms with Crippen molar-refractivity contribution in [3.05, 3.63) is 0 Å². The highest BCUT2D eigenvalue weighted by Crippen LogP contribution is 2.23. The van der Waals surface area contributed by atoms with E-state index in [2.05, 4.69) is 31.4 Å². The van der Waals surface area contributed by atoms with Crippen LogP contribution in [0.2, 0.25) is 0 Å². The Morgan fingerprint density at radius 2 is 1.83 bits per heavy atom. The maximum Gasteiger partial charge on any atom is 0.241 e. The van der Waals surface area contributed by atoms with Crippen molar-refractivity contribution < 1.29 is 4.79 Å². The first-order valence-corrected chi connectivity index (χ1v) is 4.32. The fourth-order valence-corrected chi connectivity index (χ4v) is 1.21. The summed E-state index contributed by atoms with van der Waals surface area (Å²) in [6.07, 6.45) is 0.0833. The lowest BCUT2D eigenvalue weighted by Gasteiger charge is -2.28. The maximum absolute atomic E-state index is 11.4. The Bertz CT molecular complexity index is 203. The van der Waals surface area contributed by atoms with Crippen molar-refractivity contribution in [2.24, 2.45) is 5.41 Å². The molecule has 0 aromatic heterocycles. The summed E-state index contributed by atoms with van der Waals surface area (Å²) in [6, 6.07) is 0. The number of amides is 1.